The van der Waals surface area contributed by atoms with E-state index >= 15 is 0 Å². The van der Waals surface area contributed by atoms with Gasteiger partial charge in [0.25, 0.3) is 0 Å². The van der Waals surface area contributed by atoms with Crippen molar-refractivity contribution in [1.82, 2.24) is 15.0 Å². The van der Waals surface area contributed by atoms with Gasteiger partial charge in [-0.25, -0.2) is 0 Å². The number of nitrogens with one attached hydrogen (secondary N) is 1. The van der Waals surface area contributed by atoms with E-state index in [1.807, 2.05) is 20.8 Å². The van der Waals surface area contributed by atoms with E-state index in [2.05, 4.69) is 36.0 Å². The van der Waals surface area contributed by atoms with Gasteiger partial charge in [-0.05, 0) is 46.5 Å². The lowest BCUT2D eigenvalue weighted by molar-refractivity contribution is 0.0710. The molecule has 9 nitrogen and oxygen atoms in total. The highest BCUT2D eigenvalue weighted by atomic mass is 28.4. The van der Waals surface area contributed by atoms with Crippen LogP contribution >= 0.6 is 0 Å². The summed E-state index contributed by atoms with van der Waals surface area (Å²) in [6.07, 6.45) is 24.1. The van der Waals surface area contributed by atoms with Crippen molar-refractivity contribution in [2.24, 2.45) is 0 Å². The molecule has 1 heterocycles. The number of hydrogen-bond donors (Lipinski definition) is 1. The highest BCUT2D eigenvalue weighted by Gasteiger charge is 2.39. The summed E-state index contributed by atoms with van der Waals surface area (Å²) >= 11 is 0. The van der Waals surface area contributed by atoms with Crippen molar-refractivity contribution in [3.8, 4) is 6.01 Å². The number of ether oxygens (including phenoxy) is 1. The monoisotopic (exact) mass is 668 g/mol. The average molecular weight is 668 g/mol. The minimum absolute atomic E-state index is 0.418. The van der Waals surface area contributed by atoms with Crippen LogP contribution in [0.4, 0.5) is 11.9 Å². The smallest absolute Gasteiger partial charge is 0.463 e. The van der Waals surface area contributed by atoms with Gasteiger partial charge in [-0.3, -0.25) is 0 Å². The zero-order valence-electron chi connectivity index (χ0n) is 31.0. The van der Waals surface area contributed by atoms with Crippen LogP contribution < -0.4 is 15.0 Å². The molecule has 0 fully saturated rings. The maximum Gasteiger partial charge on any atom is 0.500 e. The molecule has 46 heavy (non-hydrogen) atoms. The Balaban J connectivity index is 2.61. The first-order valence-electron chi connectivity index (χ1n) is 19.4. The van der Waals surface area contributed by atoms with Crippen LogP contribution in [0.5, 0.6) is 6.01 Å². The van der Waals surface area contributed by atoms with Crippen LogP contribution in [0.1, 0.15) is 164 Å². The van der Waals surface area contributed by atoms with E-state index in [0.29, 0.717) is 50.9 Å². The molecule has 0 aliphatic rings. The summed E-state index contributed by atoms with van der Waals surface area (Å²) in [4.78, 5) is 16.6. The zero-order chi connectivity index (χ0) is 33.6. The predicted octanol–water partition coefficient (Wildman–Crippen LogP) is 9.99. The van der Waals surface area contributed by atoms with Gasteiger partial charge in [0.05, 0.1) is 6.61 Å². The van der Waals surface area contributed by atoms with Gasteiger partial charge < -0.3 is 28.2 Å². The molecule has 0 saturated carbocycles. The fourth-order valence-corrected chi connectivity index (χ4v) is 8.22. The Morgan fingerprint density at radius 2 is 1.02 bits per heavy atom. The second kappa shape index (κ2) is 29.6. The summed E-state index contributed by atoms with van der Waals surface area (Å²) in [6.45, 7) is 17.7. The first-order valence-corrected chi connectivity index (χ1v) is 21.3. The Labute approximate surface area is 285 Å². The van der Waals surface area contributed by atoms with Gasteiger partial charge in [0.15, 0.2) is 0 Å². The second-order valence-electron chi connectivity index (χ2n) is 12.4. The number of nitrogens with zero attached hydrogens (tertiary/aromatic N) is 4. The lowest BCUT2D eigenvalue weighted by atomic mass is 10.0. The minimum Gasteiger partial charge on any atom is -0.463 e. The van der Waals surface area contributed by atoms with Crippen molar-refractivity contribution < 1.29 is 18.0 Å². The molecule has 0 aromatic carbocycles. The van der Waals surface area contributed by atoms with Crippen molar-refractivity contribution in [2.45, 2.75) is 170 Å². The van der Waals surface area contributed by atoms with Gasteiger partial charge in [0, 0.05) is 45.5 Å². The molecule has 1 aromatic heterocycles. The lowest BCUT2D eigenvalue weighted by Gasteiger charge is -2.28. The molecule has 0 spiro atoms. The topological polar surface area (TPSA) is 90.9 Å². The molecule has 0 unspecified atom stereocenters. The number of hydrogen-bond acceptors (Lipinski definition) is 9. The van der Waals surface area contributed by atoms with Crippen molar-refractivity contribution in [3.05, 3.63) is 0 Å². The summed E-state index contributed by atoms with van der Waals surface area (Å²) in [5, 5.41) is 3.43. The van der Waals surface area contributed by atoms with Gasteiger partial charge in [-0.2, -0.15) is 15.0 Å². The third kappa shape index (κ3) is 20.7. The highest BCUT2D eigenvalue weighted by molar-refractivity contribution is 6.60. The van der Waals surface area contributed by atoms with Gasteiger partial charge in [0.2, 0.25) is 11.9 Å². The van der Waals surface area contributed by atoms with Crippen molar-refractivity contribution in [2.75, 3.05) is 56.3 Å². The molecule has 0 radical (unpaired) electrons. The molecule has 1 rings (SSSR count). The Bertz CT molecular complexity index is 798. The lowest BCUT2D eigenvalue weighted by Crippen LogP contribution is -2.46. The second-order valence-corrected chi connectivity index (χ2v) is 15.1. The fraction of sp³-hybridized carbons (Fsp3) is 0.917. The number of rotatable bonds is 34. The fourth-order valence-electron chi connectivity index (χ4n) is 5.61. The van der Waals surface area contributed by atoms with Crippen molar-refractivity contribution in [1.29, 1.82) is 0 Å². The molecule has 0 saturated heterocycles. The Kier molecular flexibility index (Phi) is 27.4. The van der Waals surface area contributed by atoms with Crippen LogP contribution in [0.15, 0.2) is 0 Å². The quantitative estimate of drug-likeness (QED) is 0.0569. The number of aromatic nitrogens is 3. The zero-order valence-corrected chi connectivity index (χ0v) is 32.0. The van der Waals surface area contributed by atoms with Crippen LogP contribution in [-0.4, -0.2) is 69.8 Å². The molecule has 0 atom stereocenters. The normalized spacial score (nSPS) is 11.7. The minimum atomic E-state index is -2.68. The SMILES string of the molecule is CCCCCCCCCCCCCCCCOc1nc(NCCC[Si](OCC)(OCC)OCC)nc(N(CCCC)CCCC)n1. The first kappa shape index (κ1) is 42.5. The van der Waals surface area contributed by atoms with Crippen LogP contribution in [-0.2, 0) is 13.3 Å². The summed E-state index contributed by atoms with van der Waals surface area (Å²) in [7, 11) is -2.68. The van der Waals surface area contributed by atoms with Gasteiger partial charge >= 0.3 is 14.8 Å². The molecule has 10 heteroatoms. The van der Waals surface area contributed by atoms with Gasteiger partial charge in [0.1, 0.15) is 0 Å². The van der Waals surface area contributed by atoms with Crippen molar-refractivity contribution in [3.63, 3.8) is 0 Å². The maximum atomic E-state index is 6.13. The molecule has 1 N–H and O–H groups in total. The molecule has 0 amide bonds. The summed E-state index contributed by atoms with van der Waals surface area (Å²) in [5.41, 5.74) is 0. The highest BCUT2D eigenvalue weighted by Crippen LogP contribution is 2.20. The maximum absolute atomic E-state index is 6.13. The van der Waals surface area contributed by atoms with E-state index in [0.717, 1.165) is 57.7 Å². The largest absolute Gasteiger partial charge is 0.500 e. The summed E-state index contributed by atoms with van der Waals surface area (Å²) in [6, 6.07) is 1.16. The third-order valence-electron chi connectivity index (χ3n) is 8.21. The van der Waals surface area contributed by atoms with Crippen LogP contribution in [0, 0.1) is 0 Å². The predicted molar refractivity (Wildman–Crippen MR) is 196 cm³/mol. The Hall–Kier alpha value is -1.49. The van der Waals surface area contributed by atoms with Gasteiger partial charge in [-0.15, -0.1) is 0 Å². The average Bonchev–Trinajstić information content (AvgIpc) is 3.05. The molecular formula is C36H73N5O4Si. The number of anilines is 2. The summed E-state index contributed by atoms with van der Waals surface area (Å²) < 4.78 is 24.2. The first-order chi connectivity index (χ1) is 22.6. The molecule has 0 aliphatic carbocycles. The number of unbranched alkanes of at least 4 members (excludes halogenated alkanes) is 15. The van der Waals surface area contributed by atoms with E-state index in [-0.39, 0.29) is 0 Å². The van der Waals surface area contributed by atoms with Crippen molar-refractivity contribution >= 4 is 20.7 Å². The van der Waals surface area contributed by atoms with E-state index in [4.69, 9.17) is 28.0 Å². The molecule has 1 aromatic rings. The van der Waals surface area contributed by atoms with Crippen LogP contribution in [0.3, 0.4) is 0 Å². The van der Waals surface area contributed by atoms with Gasteiger partial charge in [-0.1, -0.05) is 117 Å². The van der Waals surface area contributed by atoms with E-state index < -0.39 is 8.80 Å². The molecule has 0 bridgehead atoms. The third-order valence-corrected chi connectivity index (χ3v) is 11.4. The Morgan fingerprint density at radius 1 is 0.543 bits per heavy atom. The molecule has 0 aliphatic heterocycles. The van der Waals surface area contributed by atoms with E-state index in [1.165, 1.54) is 83.5 Å². The summed E-state index contributed by atoms with van der Waals surface area (Å²) in [5.74, 6) is 1.27. The standard InChI is InChI=1S/C36H73N5O4Si/c1-7-13-16-17-18-19-20-21-22-23-24-25-26-27-32-42-36-39-34(38-35(40-36)41(30-14-8-2)31-15-9-3)37-29-28-33-46(43-10-4,44-11-5)45-12-6/h7-33H2,1-6H3,(H,37,38,39,40). The Morgan fingerprint density at radius 3 is 1.50 bits per heavy atom. The molecule has 270 valence electrons. The molecular weight excluding hydrogens is 595 g/mol. The van der Waals surface area contributed by atoms with E-state index in [1.54, 1.807) is 0 Å². The van der Waals surface area contributed by atoms with Crippen LogP contribution in [0.2, 0.25) is 6.04 Å². The van der Waals surface area contributed by atoms with Crippen LogP contribution in [0.25, 0.3) is 0 Å². The van der Waals surface area contributed by atoms with E-state index in [9.17, 15) is 0 Å².